The Hall–Kier alpha value is -2.34. The molecule has 0 aliphatic carbocycles. The van der Waals surface area contributed by atoms with Crippen LogP contribution in [0.2, 0.25) is 0 Å². The lowest BCUT2D eigenvalue weighted by molar-refractivity contribution is -0.138. The molecule has 6 heteroatoms. The van der Waals surface area contributed by atoms with Crippen molar-refractivity contribution >= 4 is 23.6 Å². The first-order valence-electron chi connectivity index (χ1n) is 8.92. The fraction of sp³-hybridized carbons (Fsp3) is 0.333. The first-order chi connectivity index (χ1) is 12.9. The Morgan fingerprint density at radius 1 is 1.15 bits per heavy atom. The monoisotopic (exact) mass is 388 g/mol. The van der Waals surface area contributed by atoms with Crippen LogP contribution in [0.5, 0.6) is 0 Å². The number of hydrogen-bond acceptors (Lipinski definition) is 3. The van der Waals surface area contributed by atoms with Crippen molar-refractivity contribution in [3.63, 3.8) is 0 Å². The molecule has 0 aromatic heterocycles. The highest BCUT2D eigenvalue weighted by Crippen LogP contribution is 2.20. The molecule has 0 unspecified atom stereocenters. The van der Waals surface area contributed by atoms with Crippen LogP contribution in [0.3, 0.4) is 0 Å². The van der Waals surface area contributed by atoms with Crippen LogP contribution >= 0.6 is 11.8 Å². The Labute approximate surface area is 164 Å². The summed E-state index contributed by atoms with van der Waals surface area (Å²) in [6.07, 6.45) is 0. The molecule has 0 bridgehead atoms. The van der Waals surface area contributed by atoms with E-state index in [0.717, 1.165) is 10.5 Å². The number of halogens is 1. The molecule has 144 valence electrons. The van der Waals surface area contributed by atoms with Crippen molar-refractivity contribution in [1.29, 1.82) is 0 Å². The maximum Gasteiger partial charge on any atom is 0.242 e. The van der Waals surface area contributed by atoms with Gasteiger partial charge in [-0.15, -0.1) is 11.8 Å². The molecule has 4 nitrogen and oxygen atoms in total. The number of hydrogen-bond donors (Lipinski definition) is 1. The molecule has 0 saturated carbocycles. The van der Waals surface area contributed by atoms with E-state index in [2.05, 4.69) is 5.32 Å². The van der Waals surface area contributed by atoms with Gasteiger partial charge in [0.1, 0.15) is 11.9 Å². The zero-order valence-electron chi connectivity index (χ0n) is 15.9. The van der Waals surface area contributed by atoms with Gasteiger partial charge in [-0.3, -0.25) is 9.59 Å². The third kappa shape index (κ3) is 6.10. The lowest BCUT2D eigenvalue weighted by Gasteiger charge is -2.28. The number of rotatable bonds is 8. The fourth-order valence-electron chi connectivity index (χ4n) is 2.58. The van der Waals surface area contributed by atoms with E-state index in [1.54, 1.807) is 25.1 Å². The summed E-state index contributed by atoms with van der Waals surface area (Å²) in [5, 5.41) is 2.73. The van der Waals surface area contributed by atoms with Gasteiger partial charge in [-0.05, 0) is 39.0 Å². The number of thioether (sulfide) groups is 1. The number of amides is 2. The normalized spacial score (nSPS) is 11.7. The van der Waals surface area contributed by atoms with E-state index in [-0.39, 0.29) is 29.9 Å². The molecule has 0 radical (unpaired) electrons. The average molecular weight is 389 g/mol. The van der Waals surface area contributed by atoms with Gasteiger partial charge in [-0.1, -0.05) is 35.9 Å². The highest BCUT2D eigenvalue weighted by molar-refractivity contribution is 8.00. The summed E-state index contributed by atoms with van der Waals surface area (Å²) in [6, 6.07) is 13.5. The van der Waals surface area contributed by atoms with Crippen LogP contribution in [-0.2, 0) is 16.1 Å². The van der Waals surface area contributed by atoms with Crippen LogP contribution in [0, 0.1) is 12.7 Å². The molecule has 0 aliphatic heterocycles. The van der Waals surface area contributed by atoms with Crippen molar-refractivity contribution in [3.8, 4) is 0 Å². The SMILES string of the molecule is CCNC(=O)[C@@H](C)N(Cc1ccccc1F)C(=O)CSc1ccc(C)cc1. The summed E-state index contributed by atoms with van der Waals surface area (Å²) in [5.74, 6) is -0.656. The Balaban J connectivity index is 2.14. The van der Waals surface area contributed by atoms with Gasteiger partial charge in [-0.2, -0.15) is 0 Å². The van der Waals surface area contributed by atoms with Gasteiger partial charge in [0.15, 0.2) is 0 Å². The molecule has 2 amide bonds. The molecule has 1 N–H and O–H groups in total. The minimum absolute atomic E-state index is 0.0538. The molecule has 0 fully saturated rings. The number of nitrogens with one attached hydrogen (secondary N) is 1. The van der Waals surface area contributed by atoms with E-state index in [1.165, 1.54) is 22.7 Å². The summed E-state index contributed by atoms with van der Waals surface area (Å²) in [7, 11) is 0. The van der Waals surface area contributed by atoms with Crippen molar-refractivity contribution in [2.75, 3.05) is 12.3 Å². The van der Waals surface area contributed by atoms with Crippen LogP contribution in [-0.4, -0.2) is 35.1 Å². The quantitative estimate of drug-likeness (QED) is 0.700. The highest BCUT2D eigenvalue weighted by atomic mass is 32.2. The summed E-state index contributed by atoms with van der Waals surface area (Å²) >= 11 is 1.41. The van der Waals surface area contributed by atoms with Crippen LogP contribution in [0.1, 0.15) is 25.0 Å². The molecule has 2 aromatic carbocycles. The van der Waals surface area contributed by atoms with Crippen LogP contribution in [0.4, 0.5) is 4.39 Å². The number of carbonyl (C=O) groups excluding carboxylic acids is 2. The Bertz CT molecular complexity index is 780. The predicted molar refractivity (Wildman–Crippen MR) is 107 cm³/mol. The summed E-state index contributed by atoms with van der Waals surface area (Å²) < 4.78 is 14.1. The van der Waals surface area contributed by atoms with Gasteiger partial charge in [0.05, 0.1) is 5.75 Å². The molecule has 27 heavy (non-hydrogen) atoms. The zero-order valence-corrected chi connectivity index (χ0v) is 16.7. The fourth-order valence-corrected chi connectivity index (χ4v) is 3.36. The molecule has 0 heterocycles. The first kappa shape index (κ1) is 21.0. The minimum atomic E-state index is -0.685. The third-order valence-corrected chi connectivity index (χ3v) is 5.20. The van der Waals surface area contributed by atoms with Gasteiger partial charge in [0, 0.05) is 23.5 Å². The Kier molecular flexibility index (Phi) is 7.85. The van der Waals surface area contributed by atoms with E-state index in [0.29, 0.717) is 12.1 Å². The summed E-state index contributed by atoms with van der Waals surface area (Å²) in [6.45, 7) is 6.02. The molecular formula is C21H25FN2O2S. The van der Waals surface area contributed by atoms with Crippen LogP contribution in [0.15, 0.2) is 53.4 Å². The summed E-state index contributed by atoms with van der Waals surface area (Å²) in [4.78, 5) is 27.5. The second-order valence-corrected chi connectivity index (χ2v) is 7.33. The topological polar surface area (TPSA) is 49.4 Å². The van der Waals surface area contributed by atoms with Gasteiger partial charge < -0.3 is 10.2 Å². The lowest BCUT2D eigenvalue weighted by atomic mass is 10.1. The standard InChI is InChI=1S/C21H25FN2O2S/c1-4-23-21(26)16(3)24(13-17-7-5-6-8-19(17)22)20(25)14-27-18-11-9-15(2)10-12-18/h5-12,16H,4,13-14H2,1-3H3,(H,23,26)/t16-/m1/s1. The van der Waals surface area contributed by atoms with E-state index in [4.69, 9.17) is 0 Å². The van der Waals surface area contributed by atoms with Crippen LogP contribution in [0.25, 0.3) is 0 Å². The maximum absolute atomic E-state index is 14.1. The molecule has 0 saturated heterocycles. The number of aryl methyl sites for hydroxylation is 1. The third-order valence-electron chi connectivity index (χ3n) is 4.20. The maximum atomic E-state index is 14.1. The van der Waals surface area contributed by atoms with Crippen molar-refractivity contribution in [2.24, 2.45) is 0 Å². The van der Waals surface area contributed by atoms with Gasteiger partial charge >= 0.3 is 0 Å². The smallest absolute Gasteiger partial charge is 0.242 e. The average Bonchev–Trinajstić information content (AvgIpc) is 2.66. The molecule has 1 atom stereocenters. The van der Waals surface area contributed by atoms with E-state index in [1.807, 2.05) is 38.1 Å². The first-order valence-corrected chi connectivity index (χ1v) is 9.91. The zero-order chi connectivity index (χ0) is 19.8. The molecule has 2 aromatic rings. The van der Waals surface area contributed by atoms with Crippen molar-refractivity contribution < 1.29 is 14.0 Å². The second-order valence-electron chi connectivity index (χ2n) is 6.29. The predicted octanol–water partition coefficient (Wildman–Crippen LogP) is 3.78. The lowest BCUT2D eigenvalue weighted by Crippen LogP contribution is -2.48. The minimum Gasteiger partial charge on any atom is -0.355 e. The van der Waals surface area contributed by atoms with Crippen LogP contribution < -0.4 is 5.32 Å². The summed E-state index contributed by atoms with van der Waals surface area (Å²) in [5.41, 5.74) is 1.54. The number of nitrogens with zero attached hydrogens (tertiary/aromatic N) is 1. The van der Waals surface area contributed by atoms with Gasteiger partial charge in [0.25, 0.3) is 0 Å². The van der Waals surface area contributed by atoms with Crippen molar-refractivity contribution in [1.82, 2.24) is 10.2 Å². The number of carbonyl (C=O) groups is 2. The Morgan fingerprint density at radius 3 is 2.44 bits per heavy atom. The second kappa shape index (κ2) is 10.1. The Morgan fingerprint density at radius 2 is 1.81 bits per heavy atom. The number of likely N-dealkylation sites (N-methyl/N-ethyl adjacent to an activating group) is 1. The number of benzene rings is 2. The molecule has 0 aliphatic rings. The molecular weight excluding hydrogens is 363 g/mol. The largest absolute Gasteiger partial charge is 0.355 e. The molecule has 0 spiro atoms. The van der Waals surface area contributed by atoms with Gasteiger partial charge in [-0.25, -0.2) is 4.39 Å². The van der Waals surface area contributed by atoms with E-state index >= 15 is 0 Å². The highest BCUT2D eigenvalue weighted by Gasteiger charge is 2.26. The van der Waals surface area contributed by atoms with E-state index < -0.39 is 6.04 Å². The van der Waals surface area contributed by atoms with Crippen molar-refractivity contribution in [3.05, 3.63) is 65.5 Å². The van der Waals surface area contributed by atoms with E-state index in [9.17, 15) is 14.0 Å². The van der Waals surface area contributed by atoms with Crippen molar-refractivity contribution in [2.45, 2.75) is 38.3 Å². The molecule has 2 rings (SSSR count). The van der Waals surface area contributed by atoms with Gasteiger partial charge in [0.2, 0.25) is 11.8 Å².